The summed E-state index contributed by atoms with van der Waals surface area (Å²) in [6.07, 6.45) is 0.639. The number of amides is 3. The zero-order chi connectivity index (χ0) is 40.8. The lowest BCUT2D eigenvalue weighted by atomic mass is 9.82. The van der Waals surface area contributed by atoms with Gasteiger partial charge in [0.1, 0.15) is 5.54 Å². The molecule has 2 spiro atoms. The van der Waals surface area contributed by atoms with E-state index in [2.05, 4.69) is 38.3 Å². The molecule has 0 unspecified atom stereocenters. The van der Waals surface area contributed by atoms with Gasteiger partial charge in [0.05, 0.1) is 38.0 Å². The molecule has 8 rings (SSSR count). The van der Waals surface area contributed by atoms with Crippen molar-refractivity contribution in [2.24, 2.45) is 5.92 Å². The topological polar surface area (TPSA) is 126 Å². The van der Waals surface area contributed by atoms with Gasteiger partial charge in [-0.3, -0.25) is 19.3 Å². The summed E-state index contributed by atoms with van der Waals surface area (Å²) in [6.45, 7) is 8.12. The van der Waals surface area contributed by atoms with Gasteiger partial charge >= 0.3 is 0 Å². The van der Waals surface area contributed by atoms with Gasteiger partial charge < -0.3 is 34.7 Å². The third-order valence-corrected chi connectivity index (χ3v) is 15.8. The average Bonchev–Trinajstić information content (AvgIpc) is 3.75. The van der Waals surface area contributed by atoms with Gasteiger partial charge in [0.25, 0.3) is 11.8 Å². The number of hydrogen-bond acceptors (Lipinski definition) is 8. The number of para-hydroxylation sites is 1. The molecule has 0 saturated carbocycles. The van der Waals surface area contributed by atoms with Crippen molar-refractivity contribution >= 4 is 59.0 Å². The normalized spacial score (nSPS) is 24.0. The van der Waals surface area contributed by atoms with Crippen LogP contribution >= 0.6 is 15.9 Å². The highest BCUT2D eigenvalue weighted by Gasteiger charge is 2.66. The molecule has 0 aromatic heterocycles. The standard InChI is InChI=1S/C45H52BrN5O6Si/c1-31-41(58(2,3)56)39(27-40(53)48(23-24-52)28-32-11-6-4-7-12-32)57-45(31)37-26-34(46)17-18-38(37)49(43(45)55)29-33-13-10-16-36(25-33)50-30-51(35-14-8-5-9-15-35)44(42(50)54)19-21-47-22-20-44/h4-18,25-26,31,39,41,47,52,56H,19-24,27-30H2,1-3H3/t31-,39+,41-,45+/m1/s1. The zero-order valence-electron chi connectivity index (χ0n) is 33.3. The molecule has 13 heteroatoms. The first-order valence-corrected chi connectivity index (χ1v) is 24.1. The Morgan fingerprint density at radius 3 is 2.28 bits per heavy atom. The van der Waals surface area contributed by atoms with E-state index in [1.807, 2.05) is 116 Å². The molecule has 3 amide bonds. The number of benzene rings is 4. The highest BCUT2D eigenvalue weighted by atomic mass is 79.9. The van der Waals surface area contributed by atoms with Crippen molar-refractivity contribution in [1.82, 2.24) is 10.2 Å². The van der Waals surface area contributed by atoms with Crippen LogP contribution in [-0.2, 0) is 37.8 Å². The Balaban J connectivity index is 1.09. The maximum Gasteiger partial charge on any atom is 0.264 e. The van der Waals surface area contributed by atoms with E-state index < -0.39 is 37.0 Å². The van der Waals surface area contributed by atoms with Crippen molar-refractivity contribution in [3.8, 4) is 0 Å². The molecule has 11 nitrogen and oxygen atoms in total. The first-order valence-electron chi connectivity index (χ1n) is 20.3. The molecule has 58 heavy (non-hydrogen) atoms. The van der Waals surface area contributed by atoms with Crippen LogP contribution in [0.25, 0.3) is 0 Å². The first kappa shape index (κ1) is 40.4. The lowest BCUT2D eigenvalue weighted by Gasteiger charge is -2.39. The smallest absolute Gasteiger partial charge is 0.264 e. The second-order valence-corrected chi connectivity index (χ2v) is 21.6. The average molecular weight is 867 g/mol. The molecule has 3 N–H and O–H groups in total. The van der Waals surface area contributed by atoms with E-state index in [0.717, 1.165) is 40.1 Å². The number of fused-ring (bicyclic) bond motifs is 2. The fourth-order valence-electron chi connectivity index (χ4n) is 10.1. The lowest BCUT2D eigenvalue weighted by Crippen LogP contribution is -2.55. The van der Waals surface area contributed by atoms with E-state index in [-0.39, 0.29) is 43.8 Å². The van der Waals surface area contributed by atoms with Gasteiger partial charge in [0, 0.05) is 46.0 Å². The predicted molar refractivity (Wildman–Crippen MR) is 231 cm³/mol. The van der Waals surface area contributed by atoms with Crippen molar-refractivity contribution in [2.75, 3.05) is 47.6 Å². The summed E-state index contributed by atoms with van der Waals surface area (Å²) >= 11 is 3.65. The van der Waals surface area contributed by atoms with Crippen LogP contribution in [0.5, 0.6) is 0 Å². The third kappa shape index (κ3) is 7.09. The predicted octanol–water partition coefficient (Wildman–Crippen LogP) is 6.14. The molecule has 0 bridgehead atoms. The Morgan fingerprint density at radius 2 is 1.59 bits per heavy atom. The van der Waals surface area contributed by atoms with Gasteiger partial charge in [-0.25, -0.2) is 0 Å². The maximum absolute atomic E-state index is 15.2. The minimum absolute atomic E-state index is 0.0410. The maximum atomic E-state index is 15.2. The van der Waals surface area contributed by atoms with E-state index in [9.17, 15) is 19.5 Å². The summed E-state index contributed by atoms with van der Waals surface area (Å²) in [7, 11) is -3.05. The second kappa shape index (κ2) is 16.0. The second-order valence-electron chi connectivity index (χ2n) is 16.7. The van der Waals surface area contributed by atoms with E-state index in [1.165, 1.54) is 0 Å². The van der Waals surface area contributed by atoms with Crippen molar-refractivity contribution in [3.63, 3.8) is 0 Å². The molecular formula is C45H52BrN5O6Si. The van der Waals surface area contributed by atoms with Crippen molar-refractivity contribution in [3.05, 3.63) is 124 Å². The lowest BCUT2D eigenvalue weighted by molar-refractivity contribution is -0.150. The SMILES string of the molecule is C[C@@H]1[C@@H]([Si](C)(C)O)[C@H](CC(=O)N(CCO)Cc2ccccc2)O[C@@]12C(=O)N(Cc1cccc(N3CN(c4ccccc4)C4(CCNCC4)C3=O)c1)c1ccc(Br)cc12. The molecule has 4 heterocycles. The number of nitrogens with one attached hydrogen (secondary N) is 1. The van der Waals surface area contributed by atoms with Crippen LogP contribution in [0.15, 0.2) is 108 Å². The molecule has 4 aromatic carbocycles. The number of hydrogen-bond donors (Lipinski definition) is 3. The Bertz CT molecular complexity index is 2170. The van der Waals surface area contributed by atoms with Gasteiger partial charge in [-0.15, -0.1) is 0 Å². The highest BCUT2D eigenvalue weighted by Crippen LogP contribution is 2.60. The minimum Gasteiger partial charge on any atom is -0.432 e. The Kier molecular flexibility index (Phi) is 11.1. The summed E-state index contributed by atoms with van der Waals surface area (Å²) < 4.78 is 7.78. The molecule has 0 radical (unpaired) electrons. The number of aliphatic hydroxyl groups is 1. The zero-order valence-corrected chi connectivity index (χ0v) is 35.9. The molecule has 4 aliphatic rings. The number of anilines is 3. The molecule has 4 aliphatic heterocycles. The number of halogens is 1. The number of carbonyl (C=O) groups is 3. The number of piperidine rings is 1. The monoisotopic (exact) mass is 865 g/mol. The van der Waals surface area contributed by atoms with Crippen molar-refractivity contribution < 1.29 is 29.0 Å². The van der Waals surface area contributed by atoms with Gasteiger partial charge in [0.2, 0.25) is 5.91 Å². The summed E-state index contributed by atoms with van der Waals surface area (Å²) in [5, 5.41) is 13.3. The van der Waals surface area contributed by atoms with Crippen LogP contribution < -0.4 is 20.0 Å². The van der Waals surface area contributed by atoms with Crippen molar-refractivity contribution in [2.45, 2.75) is 75.2 Å². The number of ether oxygens (including phenoxy) is 1. The molecule has 0 aliphatic carbocycles. The van der Waals surface area contributed by atoms with Crippen molar-refractivity contribution in [1.29, 1.82) is 0 Å². The van der Waals surface area contributed by atoms with Crippen LogP contribution in [0.3, 0.4) is 0 Å². The van der Waals surface area contributed by atoms with Crippen LogP contribution in [-0.4, -0.2) is 85.4 Å². The van der Waals surface area contributed by atoms with Gasteiger partial charge in [-0.2, -0.15) is 0 Å². The molecule has 304 valence electrons. The van der Waals surface area contributed by atoms with E-state index in [0.29, 0.717) is 37.3 Å². The Hall–Kier alpha value is -4.37. The Morgan fingerprint density at radius 1 is 0.914 bits per heavy atom. The largest absolute Gasteiger partial charge is 0.432 e. The molecule has 3 saturated heterocycles. The number of rotatable bonds is 11. The van der Waals surface area contributed by atoms with Gasteiger partial charge in [-0.05, 0) is 92.6 Å². The Labute approximate surface area is 349 Å². The van der Waals surface area contributed by atoms with Crippen LogP contribution in [0.1, 0.15) is 42.9 Å². The molecular weight excluding hydrogens is 815 g/mol. The van der Waals surface area contributed by atoms with E-state index in [4.69, 9.17) is 4.74 Å². The summed E-state index contributed by atoms with van der Waals surface area (Å²) in [6, 6.07) is 33.4. The molecule has 4 aromatic rings. The first-order chi connectivity index (χ1) is 27.9. The quantitative estimate of drug-likeness (QED) is 0.154. The highest BCUT2D eigenvalue weighted by molar-refractivity contribution is 9.10. The van der Waals surface area contributed by atoms with Crippen LogP contribution in [0, 0.1) is 5.92 Å². The van der Waals surface area contributed by atoms with E-state index >= 15 is 4.79 Å². The fraction of sp³-hybridized carbons (Fsp3) is 0.400. The number of aliphatic hydroxyl groups excluding tert-OH is 1. The third-order valence-electron chi connectivity index (χ3n) is 12.8. The minimum atomic E-state index is -3.05. The van der Waals surface area contributed by atoms with E-state index in [1.54, 1.807) is 9.80 Å². The summed E-state index contributed by atoms with van der Waals surface area (Å²) in [5.74, 6) is -0.827. The van der Waals surface area contributed by atoms with Crippen LogP contribution in [0.4, 0.5) is 17.1 Å². The fourth-order valence-corrected chi connectivity index (χ4v) is 13.0. The molecule has 4 atom stereocenters. The number of carbonyl (C=O) groups excluding carboxylic acids is 3. The number of nitrogens with zero attached hydrogens (tertiary/aromatic N) is 4. The van der Waals surface area contributed by atoms with Gasteiger partial charge in [-0.1, -0.05) is 83.5 Å². The van der Waals surface area contributed by atoms with Crippen LogP contribution in [0.2, 0.25) is 18.6 Å². The van der Waals surface area contributed by atoms with Gasteiger partial charge in [0.15, 0.2) is 13.9 Å². The molecule has 3 fully saturated rings. The summed E-state index contributed by atoms with van der Waals surface area (Å²) in [4.78, 5) is 63.1. The summed E-state index contributed by atoms with van der Waals surface area (Å²) in [5.41, 5.74) is 2.46.